The van der Waals surface area contributed by atoms with Crippen LogP contribution in [0.5, 0.6) is 0 Å². The standard InChI is InChI=1S/C9H19NO/c1-7(2)10-5-8(3)4-9(11)6-10/h7-9,11H,4-6H2,1-3H3/t8-,9-/m0/s1. The van der Waals surface area contributed by atoms with Gasteiger partial charge in [-0.25, -0.2) is 0 Å². The Hall–Kier alpha value is -0.0800. The van der Waals surface area contributed by atoms with Gasteiger partial charge in [0.15, 0.2) is 0 Å². The molecule has 0 aromatic rings. The van der Waals surface area contributed by atoms with Gasteiger partial charge < -0.3 is 5.11 Å². The van der Waals surface area contributed by atoms with E-state index in [1.165, 1.54) is 0 Å². The lowest BCUT2D eigenvalue weighted by atomic mass is 9.97. The fourth-order valence-corrected chi connectivity index (χ4v) is 1.78. The van der Waals surface area contributed by atoms with E-state index in [9.17, 15) is 5.11 Å². The average molecular weight is 157 g/mol. The van der Waals surface area contributed by atoms with Crippen LogP contribution >= 0.6 is 0 Å². The summed E-state index contributed by atoms with van der Waals surface area (Å²) in [4.78, 5) is 2.35. The Bertz CT molecular complexity index is 115. The zero-order valence-electron chi connectivity index (χ0n) is 7.75. The zero-order chi connectivity index (χ0) is 8.43. The molecule has 1 heterocycles. The van der Waals surface area contributed by atoms with Crippen molar-refractivity contribution < 1.29 is 5.11 Å². The highest BCUT2D eigenvalue weighted by Crippen LogP contribution is 2.17. The molecule has 2 atom stereocenters. The molecule has 11 heavy (non-hydrogen) atoms. The molecule has 0 spiro atoms. The molecule has 1 rings (SSSR count). The lowest BCUT2D eigenvalue weighted by molar-refractivity contribution is 0.0295. The Morgan fingerprint density at radius 3 is 2.45 bits per heavy atom. The second-order valence-electron chi connectivity index (χ2n) is 4.04. The predicted octanol–water partition coefficient (Wildman–Crippen LogP) is 1.10. The molecule has 1 N–H and O–H groups in total. The minimum atomic E-state index is -0.0962. The number of likely N-dealkylation sites (tertiary alicyclic amines) is 1. The monoisotopic (exact) mass is 157 g/mol. The lowest BCUT2D eigenvalue weighted by Gasteiger charge is -2.36. The fourth-order valence-electron chi connectivity index (χ4n) is 1.78. The molecule has 0 aromatic carbocycles. The second-order valence-corrected chi connectivity index (χ2v) is 4.04. The van der Waals surface area contributed by atoms with Crippen LogP contribution in [0.4, 0.5) is 0 Å². The maximum atomic E-state index is 9.46. The van der Waals surface area contributed by atoms with Crippen LogP contribution in [0.15, 0.2) is 0 Å². The molecule has 0 saturated carbocycles. The number of nitrogens with zero attached hydrogens (tertiary/aromatic N) is 1. The topological polar surface area (TPSA) is 23.5 Å². The highest BCUT2D eigenvalue weighted by molar-refractivity contribution is 4.78. The van der Waals surface area contributed by atoms with E-state index in [1.807, 2.05) is 0 Å². The molecule has 0 aromatic heterocycles. The van der Waals surface area contributed by atoms with Crippen molar-refractivity contribution in [3.63, 3.8) is 0 Å². The number of hydrogen-bond donors (Lipinski definition) is 1. The fraction of sp³-hybridized carbons (Fsp3) is 1.00. The second kappa shape index (κ2) is 3.55. The van der Waals surface area contributed by atoms with Crippen LogP contribution in [0.25, 0.3) is 0 Å². The highest BCUT2D eigenvalue weighted by Gasteiger charge is 2.24. The van der Waals surface area contributed by atoms with Crippen molar-refractivity contribution in [2.24, 2.45) is 5.92 Å². The van der Waals surface area contributed by atoms with Crippen molar-refractivity contribution >= 4 is 0 Å². The van der Waals surface area contributed by atoms with Gasteiger partial charge in [-0.2, -0.15) is 0 Å². The van der Waals surface area contributed by atoms with E-state index >= 15 is 0 Å². The molecule has 1 aliphatic rings. The van der Waals surface area contributed by atoms with Gasteiger partial charge in [0.05, 0.1) is 6.10 Å². The van der Waals surface area contributed by atoms with Gasteiger partial charge >= 0.3 is 0 Å². The van der Waals surface area contributed by atoms with Gasteiger partial charge in [0.1, 0.15) is 0 Å². The Morgan fingerprint density at radius 2 is 2.00 bits per heavy atom. The molecule has 2 nitrogen and oxygen atoms in total. The van der Waals surface area contributed by atoms with Gasteiger partial charge in [0.25, 0.3) is 0 Å². The number of hydrogen-bond acceptors (Lipinski definition) is 2. The third kappa shape index (κ3) is 2.46. The summed E-state index contributed by atoms with van der Waals surface area (Å²) in [6, 6.07) is 0.576. The summed E-state index contributed by atoms with van der Waals surface area (Å²) in [6.07, 6.45) is 0.879. The summed E-state index contributed by atoms with van der Waals surface area (Å²) in [5.74, 6) is 0.654. The van der Waals surface area contributed by atoms with Crippen LogP contribution in [0.2, 0.25) is 0 Å². The molecule has 66 valence electrons. The maximum absolute atomic E-state index is 9.46. The minimum Gasteiger partial charge on any atom is -0.392 e. The lowest BCUT2D eigenvalue weighted by Crippen LogP contribution is -2.45. The summed E-state index contributed by atoms with van der Waals surface area (Å²) in [6.45, 7) is 8.59. The van der Waals surface area contributed by atoms with Crippen molar-refractivity contribution in [2.75, 3.05) is 13.1 Å². The maximum Gasteiger partial charge on any atom is 0.0670 e. The van der Waals surface area contributed by atoms with Crippen LogP contribution in [0.1, 0.15) is 27.2 Å². The summed E-state index contributed by atoms with van der Waals surface area (Å²) < 4.78 is 0. The molecule has 0 aliphatic carbocycles. The van der Waals surface area contributed by atoms with Gasteiger partial charge in [0.2, 0.25) is 0 Å². The molecule has 0 unspecified atom stereocenters. The van der Waals surface area contributed by atoms with Crippen LogP contribution in [-0.4, -0.2) is 35.2 Å². The molecule has 0 amide bonds. The van der Waals surface area contributed by atoms with E-state index in [1.54, 1.807) is 0 Å². The minimum absolute atomic E-state index is 0.0962. The first kappa shape index (κ1) is 9.01. The number of aliphatic hydroxyl groups excluding tert-OH is 1. The van der Waals surface area contributed by atoms with Gasteiger partial charge in [0, 0.05) is 19.1 Å². The van der Waals surface area contributed by atoms with Crippen LogP contribution < -0.4 is 0 Å². The number of aliphatic hydroxyl groups is 1. The van der Waals surface area contributed by atoms with E-state index in [4.69, 9.17) is 0 Å². The summed E-state index contributed by atoms with van der Waals surface area (Å²) in [5, 5.41) is 9.46. The Kier molecular flexibility index (Phi) is 2.90. The quantitative estimate of drug-likeness (QED) is 0.616. The van der Waals surface area contributed by atoms with Crippen LogP contribution in [-0.2, 0) is 0 Å². The molecular weight excluding hydrogens is 138 g/mol. The van der Waals surface area contributed by atoms with Crippen molar-refractivity contribution in [1.29, 1.82) is 0 Å². The molecule has 1 saturated heterocycles. The van der Waals surface area contributed by atoms with E-state index in [0.717, 1.165) is 19.5 Å². The molecule has 1 fully saturated rings. The molecular formula is C9H19NO. The third-order valence-corrected chi connectivity index (χ3v) is 2.40. The van der Waals surface area contributed by atoms with E-state index in [-0.39, 0.29) is 6.10 Å². The zero-order valence-corrected chi connectivity index (χ0v) is 7.75. The van der Waals surface area contributed by atoms with Crippen molar-refractivity contribution in [2.45, 2.75) is 39.3 Å². The van der Waals surface area contributed by atoms with Crippen LogP contribution in [0, 0.1) is 5.92 Å². The molecule has 0 radical (unpaired) electrons. The first-order chi connectivity index (χ1) is 5.09. The smallest absolute Gasteiger partial charge is 0.0670 e. The van der Waals surface area contributed by atoms with E-state index in [2.05, 4.69) is 25.7 Å². The van der Waals surface area contributed by atoms with Gasteiger partial charge in [-0.1, -0.05) is 6.92 Å². The van der Waals surface area contributed by atoms with E-state index in [0.29, 0.717) is 12.0 Å². The number of piperidine rings is 1. The first-order valence-corrected chi connectivity index (χ1v) is 4.51. The normalized spacial score (nSPS) is 34.6. The van der Waals surface area contributed by atoms with Gasteiger partial charge in [-0.15, -0.1) is 0 Å². The van der Waals surface area contributed by atoms with Crippen LogP contribution in [0.3, 0.4) is 0 Å². The number of β-amino-alcohol motifs (C(OH)–C–C–N with tert-alkyl or cyclic N) is 1. The largest absolute Gasteiger partial charge is 0.392 e. The Morgan fingerprint density at radius 1 is 1.36 bits per heavy atom. The molecule has 2 heteroatoms. The van der Waals surface area contributed by atoms with Crippen molar-refractivity contribution in [3.05, 3.63) is 0 Å². The highest BCUT2D eigenvalue weighted by atomic mass is 16.3. The Labute approximate surface area is 69.2 Å². The molecule has 0 bridgehead atoms. The SMILES string of the molecule is CC(C)N1C[C@@H](C)C[C@H](O)C1. The van der Waals surface area contributed by atoms with Crippen molar-refractivity contribution in [1.82, 2.24) is 4.90 Å². The van der Waals surface area contributed by atoms with E-state index < -0.39 is 0 Å². The summed E-state index contributed by atoms with van der Waals surface area (Å²) >= 11 is 0. The van der Waals surface area contributed by atoms with Gasteiger partial charge in [-0.3, -0.25) is 4.90 Å². The first-order valence-electron chi connectivity index (χ1n) is 4.51. The molecule has 1 aliphatic heterocycles. The summed E-state index contributed by atoms with van der Waals surface area (Å²) in [7, 11) is 0. The van der Waals surface area contributed by atoms with Crippen molar-refractivity contribution in [3.8, 4) is 0 Å². The number of rotatable bonds is 1. The average Bonchev–Trinajstić information content (AvgIpc) is 1.85. The van der Waals surface area contributed by atoms with Gasteiger partial charge in [-0.05, 0) is 26.2 Å². The predicted molar refractivity (Wildman–Crippen MR) is 46.5 cm³/mol. The Balaban J connectivity index is 2.43. The third-order valence-electron chi connectivity index (χ3n) is 2.40. The summed E-state index contributed by atoms with van der Waals surface area (Å²) in [5.41, 5.74) is 0.